The Morgan fingerprint density at radius 2 is 2.05 bits per heavy atom. The molecule has 1 aromatic carbocycles. The predicted molar refractivity (Wildman–Crippen MR) is 81.5 cm³/mol. The first-order chi connectivity index (χ1) is 9.22. The topological polar surface area (TPSA) is 30.5 Å². The van der Waals surface area contributed by atoms with Gasteiger partial charge in [-0.05, 0) is 59.3 Å². The van der Waals surface area contributed by atoms with E-state index in [9.17, 15) is 0 Å². The molecule has 4 heteroatoms. The molecule has 1 aliphatic rings. The second-order valence-corrected chi connectivity index (χ2v) is 5.74. The highest BCUT2D eigenvalue weighted by molar-refractivity contribution is 9.10. The molecular formula is C15H22BrNO2. The molecule has 0 amide bonds. The van der Waals surface area contributed by atoms with Crippen LogP contribution in [0.2, 0.25) is 0 Å². The normalized spacial score (nSPS) is 19.3. The molecule has 0 radical (unpaired) electrons. The van der Waals surface area contributed by atoms with Crippen LogP contribution in [0.1, 0.15) is 36.8 Å². The van der Waals surface area contributed by atoms with Gasteiger partial charge in [0, 0.05) is 12.1 Å². The highest BCUT2D eigenvalue weighted by Crippen LogP contribution is 2.43. The maximum atomic E-state index is 5.60. The van der Waals surface area contributed by atoms with E-state index in [1.54, 1.807) is 14.2 Å². The first-order valence-corrected chi connectivity index (χ1v) is 7.66. The minimum atomic E-state index is 0.569. The number of rotatable bonds is 4. The zero-order valence-electron chi connectivity index (χ0n) is 11.9. The van der Waals surface area contributed by atoms with Crippen LogP contribution in [0, 0.1) is 0 Å². The minimum absolute atomic E-state index is 0.569. The van der Waals surface area contributed by atoms with Gasteiger partial charge in [0.1, 0.15) is 0 Å². The first-order valence-electron chi connectivity index (χ1n) is 6.86. The van der Waals surface area contributed by atoms with Gasteiger partial charge in [0.15, 0.2) is 11.5 Å². The van der Waals surface area contributed by atoms with E-state index >= 15 is 0 Å². The summed E-state index contributed by atoms with van der Waals surface area (Å²) in [5.74, 6) is 2.24. The van der Waals surface area contributed by atoms with Crippen molar-refractivity contribution in [1.82, 2.24) is 5.32 Å². The Kier molecular flexibility index (Phi) is 5.11. The fourth-order valence-electron chi connectivity index (χ4n) is 2.92. The van der Waals surface area contributed by atoms with Crippen LogP contribution in [-0.2, 0) is 6.42 Å². The van der Waals surface area contributed by atoms with Crippen LogP contribution in [0.5, 0.6) is 11.5 Å². The fourth-order valence-corrected chi connectivity index (χ4v) is 3.51. The lowest BCUT2D eigenvalue weighted by Crippen LogP contribution is -2.29. The molecule has 0 aromatic heterocycles. The molecule has 19 heavy (non-hydrogen) atoms. The number of piperidine rings is 1. The molecular weight excluding hydrogens is 306 g/mol. The van der Waals surface area contributed by atoms with Gasteiger partial charge < -0.3 is 14.8 Å². The molecule has 0 spiro atoms. The Labute approximate surface area is 123 Å². The van der Waals surface area contributed by atoms with E-state index < -0.39 is 0 Å². The monoisotopic (exact) mass is 327 g/mol. The number of halogens is 1. The third-order valence-corrected chi connectivity index (χ3v) is 4.42. The molecule has 1 N–H and O–H groups in total. The molecule has 1 unspecified atom stereocenters. The molecule has 1 atom stereocenters. The van der Waals surface area contributed by atoms with E-state index in [-0.39, 0.29) is 0 Å². The lowest BCUT2D eigenvalue weighted by molar-refractivity contribution is 0.348. The van der Waals surface area contributed by atoms with Gasteiger partial charge in [-0.2, -0.15) is 0 Å². The van der Waals surface area contributed by atoms with Crippen molar-refractivity contribution in [3.05, 3.63) is 21.7 Å². The molecule has 1 fully saturated rings. The Morgan fingerprint density at radius 1 is 1.32 bits per heavy atom. The van der Waals surface area contributed by atoms with Crippen LogP contribution in [0.3, 0.4) is 0 Å². The summed E-state index contributed by atoms with van der Waals surface area (Å²) in [5, 5.41) is 3.48. The molecule has 0 aliphatic carbocycles. The van der Waals surface area contributed by atoms with Gasteiger partial charge in [0.25, 0.3) is 0 Å². The zero-order valence-corrected chi connectivity index (χ0v) is 13.5. The van der Waals surface area contributed by atoms with Gasteiger partial charge in [-0.15, -0.1) is 0 Å². The summed E-state index contributed by atoms with van der Waals surface area (Å²) in [6.07, 6.45) is 3.43. The van der Waals surface area contributed by atoms with E-state index in [0.29, 0.717) is 5.92 Å². The van der Waals surface area contributed by atoms with E-state index in [1.807, 2.05) is 0 Å². The molecule has 0 bridgehead atoms. The first kappa shape index (κ1) is 14.7. The summed E-state index contributed by atoms with van der Waals surface area (Å²) in [6, 6.07) is 2.21. The highest BCUT2D eigenvalue weighted by atomic mass is 79.9. The molecule has 0 saturated carbocycles. The smallest absolute Gasteiger partial charge is 0.175 e. The van der Waals surface area contributed by atoms with E-state index in [1.165, 1.54) is 24.0 Å². The van der Waals surface area contributed by atoms with Gasteiger partial charge in [0.2, 0.25) is 0 Å². The molecule has 1 saturated heterocycles. The van der Waals surface area contributed by atoms with Crippen LogP contribution in [0.25, 0.3) is 0 Å². The zero-order chi connectivity index (χ0) is 13.8. The summed E-state index contributed by atoms with van der Waals surface area (Å²) < 4.78 is 12.0. The summed E-state index contributed by atoms with van der Waals surface area (Å²) in [6.45, 7) is 4.35. The Balaban J connectivity index is 2.50. The Bertz CT molecular complexity index is 442. The second-order valence-electron chi connectivity index (χ2n) is 4.89. The van der Waals surface area contributed by atoms with Crippen LogP contribution in [0.4, 0.5) is 0 Å². The molecule has 1 heterocycles. The van der Waals surface area contributed by atoms with Crippen molar-refractivity contribution in [2.45, 2.75) is 32.1 Å². The van der Waals surface area contributed by atoms with Gasteiger partial charge in [-0.1, -0.05) is 6.92 Å². The number of hydrogen-bond donors (Lipinski definition) is 1. The van der Waals surface area contributed by atoms with Gasteiger partial charge in [0.05, 0.1) is 18.7 Å². The summed E-state index contributed by atoms with van der Waals surface area (Å²) >= 11 is 3.60. The fraction of sp³-hybridized carbons (Fsp3) is 0.600. The SMILES string of the molecule is CCc1c(C2CCCNC2)cc(Br)c(OC)c1OC. The predicted octanol–water partition coefficient (Wildman–Crippen LogP) is 3.50. The summed E-state index contributed by atoms with van der Waals surface area (Å²) in [4.78, 5) is 0. The number of methoxy groups -OCH3 is 2. The third kappa shape index (κ3) is 2.90. The van der Waals surface area contributed by atoms with E-state index in [2.05, 4.69) is 34.2 Å². The number of ether oxygens (including phenoxy) is 2. The van der Waals surface area contributed by atoms with Crippen molar-refractivity contribution < 1.29 is 9.47 Å². The molecule has 1 aromatic rings. The molecule has 2 rings (SSSR count). The van der Waals surface area contributed by atoms with Crippen molar-refractivity contribution >= 4 is 15.9 Å². The second kappa shape index (κ2) is 6.62. The van der Waals surface area contributed by atoms with E-state index in [0.717, 1.165) is 35.5 Å². The number of nitrogens with one attached hydrogen (secondary N) is 1. The van der Waals surface area contributed by atoms with Gasteiger partial charge in [-0.3, -0.25) is 0 Å². The lowest BCUT2D eigenvalue weighted by Gasteiger charge is -2.27. The van der Waals surface area contributed by atoms with Crippen LogP contribution < -0.4 is 14.8 Å². The van der Waals surface area contributed by atoms with Crippen LogP contribution in [-0.4, -0.2) is 27.3 Å². The summed E-state index contributed by atoms with van der Waals surface area (Å²) in [5.41, 5.74) is 2.66. The highest BCUT2D eigenvalue weighted by Gasteiger charge is 2.23. The largest absolute Gasteiger partial charge is 0.493 e. The van der Waals surface area contributed by atoms with Crippen molar-refractivity contribution in [2.75, 3.05) is 27.3 Å². The van der Waals surface area contributed by atoms with Crippen LogP contribution >= 0.6 is 15.9 Å². The number of benzene rings is 1. The van der Waals surface area contributed by atoms with Crippen molar-refractivity contribution in [3.8, 4) is 11.5 Å². The maximum Gasteiger partial charge on any atom is 0.175 e. The van der Waals surface area contributed by atoms with Crippen molar-refractivity contribution in [3.63, 3.8) is 0 Å². The number of hydrogen-bond acceptors (Lipinski definition) is 3. The third-order valence-electron chi connectivity index (χ3n) is 3.83. The lowest BCUT2D eigenvalue weighted by atomic mass is 9.87. The van der Waals surface area contributed by atoms with Gasteiger partial charge in [-0.25, -0.2) is 0 Å². The quantitative estimate of drug-likeness (QED) is 0.918. The Morgan fingerprint density at radius 3 is 2.58 bits per heavy atom. The van der Waals surface area contributed by atoms with Crippen molar-refractivity contribution in [2.24, 2.45) is 0 Å². The molecule has 1 aliphatic heterocycles. The minimum Gasteiger partial charge on any atom is -0.493 e. The standard InChI is InChI=1S/C15H22BrNO2/c1-4-11-12(10-6-5-7-17-9-10)8-13(16)15(19-3)14(11)18-2/h8,10,17H,4-7,9H2,1-3H3. The average Bonchev–Trinajstić information content (AvgIpc) is 2.46. The average molecular weight is 328 g/mol. The molecule has 106 valence electrons. The summed E-state index contributed by atoms with van der Waals surface area (Å²) in [7, 11) is 3.40. The van der Waals surface area contributed by atoms with Gasteiger partial charge >= 0.3 is 0 Å². The Hall–Kier alpha value is -0.740. The van der Waals surface area contributed by atoms with E-state index in [4.69, 9.17) is 9.47 Å². The molecule has 3 nitrogen and oxygen atoms in total. The van der Waals surface area contributed by atoms with Crippen molar-refractivity contribution in [1.29, 1.82) is 0 Å². The van der Waals surface area contributed by atoms with Crippen LogP contribution in [0.15, 0.2) is 10.5 Å². The maximum absolute atomic E-state index is 5.60.